The number of nitrogens with two attached hydrogens (primary N) is 1. The fourth-order valence-corrected chi connectivity index (χ4v) is 10.3. The minimum atomic E-state index is -0.539. The van der Waals surface area contributed by atoms with E-state index in [0.29, 0.717) is 23.2 Å². The van der Waals surface area contributed by atoms with Crippen molar-refractivity contribution >= 4 is 11.6 Å². The fourth-order valence-electron chi connectivity index (χ4n) is 10.3. The smallest absolute Gasteiger partial charge is 0.239 e. The van der Waals surface area contributed by atoms with Crippen LogP contribution in [0, 0.1) is 52.3 Å². The van der Waals surface area contributed by atoms with Crippen LogP contribution in [0.25, 0.3) is 0 Å². The van der Waals surface area contributed by atoms with Crippen LogP contribution < -0.4 is 5.73 Å². The summed E-state index contributed by atoms with van der Waals surface area (Å²) < 4.78 is 13.6. The van der Waals surface area contributed by atoms with Crippen LogP contribution in [0.1, 0.15) is 113 Å². The largest absolute Gasteiger partial charge is 0.368 e. The van der Waals surface area contributed by atoms with Crippen molar-refractivity contribution in [3.8, 4) is 0 Å². The second-order valence-corrected chi connectivity index (χ2v) is 15.1. The van der Waals surface area contributed by atoms with Crippen LogP contribution in [0.2, 0.25) is 0 Å². The van der Waals surface area contributed by atoms with E-state index >= 15 is 0 Å². The van der Waals surface area contributed by atoms with Gasteiger partial charge in [0.2, 0.25) is 5.91 Å². The molecule has 5 aliphatic rings. The highest BCUT2D eigenvalue weighted by Gasteiger charge is 2.68. The normalized spacial score (nSPS) is 46.3. The topological polar surface area (TPSA) is 73.9 Å². The van der Waals surface area contributed by atoms with E-state index < -0.39 is 5.79 Å². The highest BCUT2D eigenvalue weighted by atomic mass is 16.8. The van der Waals surface area contributed by atoms with Crippen molar-refractivity contribution in [2.75, 3.05) is 6.54 Å². The summed E-state index contributed by atoms with van der Waals surface area (Å²) in [6, 6.07) is 0. The van der Waals surface area contributed by atoms with Crippen LogP contribution in [0.15, 0.2) is 4.99 Å². The minimum absolute atomic E-state index is 0.110. The molecule has 4 saturated carbocycles. The molecule has 0 aromatic rings. The molecule has 37 heavy (non-hydrogen) atoms. The number of carbonyl (C=O) groups excluding carboxylic acids is 1. The molecule has 1 saturated heterocycles. The molecular formula is C32H54N2O3. The maximum atomic E-state index is 11.4. The second-order valence-electron chi connectivity index (χ2n) is 15.1. The van der Waals surface area contributed by atoms with E-state index in [-0.39, 0.29) is 30.1 Å². The lowest BCUT2D eigenvalue weighted by Gasteiger charge is -2.63. The van der Waals surface area contributed by atoms with E-state index in [0.717, 1.165) is 48.6 Å². The standard InChI is InChI=1S/C32H54N2O3/c1-19(2)9-8-10-20(3)22-11-12-23-27-24(14-16-31(22,23)6)32(7)15-13-21(34-18-26(33)35)17-25(32)28-29(27)37-30(4,5)36-28/h19-20,22-25,27-29H,8-18H2,1-7H3,(H2,33,35)/t20-,22-,23+,24+,25-,27+,28-,29-,31-,32-/m1/s1. The molecule has 5 fully saturated rings. The average Bonchev–Trinajstić information content (AvgIpc) is 3.33. The molecule has 0 bridgehead atoms. The Morgan fingerprint density at radius 2 is 1.65 bits per heavy atom. The Balaban J connectivity index is 1.42. The zero-order chi connectivity index (χ0) is 26.8. The summed E-state index contributed by atoms with van der Waals surface area (Å²) in [6.45, 7) is 16.8. The number of ether oxygens (including phenoxy) is 2. The molecule has 2 N–H and O–H groups in total. The van der Waals surface area contributed by atoms with Gasteiger partial charge in [0.25, 0.3) is 0 Å². The maximum Gasteiger partial charge on any atom is 0.239 e. The van der Waals surface area contributed by atoms with E-state index in [2.05, 4.69) is 53.5 Å². The number of carbonyl (C=O) groups is 1. The van der Waals surface area contributed by atoms with Gasteiger partial charge >= 0.3 is 0 Å². The lowest BCUT2D eigenvalue weighted by Crippen LogP contribution is -2.63. The van der Waals surface area contributed by atoms with Crippen molar-refractivity contribution < 1.29 is 14.3 Å². The summed E-state index contributed by atoms with van der Waals surface area (Å²) in [5.41, 5.74) is 7.24. The Hall–Kier alpha value is -0.940. The number of primary amides is 1. The molecule has 1 heterocycles. The van der Waals surface area contributed by atoms with Crippen molar-refractivity contribution in [2.45, 2.75) is 131 Å². The van der Waals surface area contributed by atoms with E-state index in [9.17, 15) is 4.79 Å². The molecule has 0 aromatic heterocycles. The van der Waals surface area contributed by atoms with Crippen LogP contribution in [0.4, 0.5) is 0 Å². The van der Waals surface area contributed by atoms with Gasteiger partial charge in [-0.2, -0.15) is 0 Å². The fraction of sp³-hybridized carbons (Fsp3) is 0.938. The van der Waals surface area contributed by atoms with Crippen molar-refractivity contribution in [3.05, 3.63) is 0 Å². The van der Waals surface area contributed by atoms with Gasteiger partial charge in [-0.3, -0.25) is 9.79 Å². The number of nitrogens with zero attached hydrogens (tertiary/aromatic N) is 1. The Kier molecular flexibility index (Phi) is 7.40. The summed E-state index contributed by atoms with van der Waals surface area (Å²) in [6.07, 6.45) is 12.9. The second kappa shape index (κ2) is 9.91. The summed E-state index contributed by atoms with van der Waals surface area (Å²) in [5.74, 6) is 3.97. The van der Waals surface area contributed by atoms with Gasteiger partial charge in [0.15, 0.2) is 5.79 Å². The summed E-state index contributed by atoms with van der Waals surface area (Å²) >= 11 is 0. The third-order valence-corrected chi connectivity index (χ3v) is 12.0. The lowest BCUT2D eigenvalue weighted by molar-refractivity contribution is -0.174. The highest BCUT2D eigenvalue weighted by molar-refractivity contribution is 5.88. The van der Waals surface area contributed by atoms with Gasteiger partial charge in [-0.25, -0.2) is 0 Å². The van der Waals surface area contributed by atoms with E-state index in [1.807, 2.05) is 0 Å². The first-order valence-electron chi connectivity index (χ1n) is 15.5. The molecule has 0 radical (unpaired) electrons. The molecule has 1 aliphatic heterocycles. The molecule has 0 unspecified atom stereocenters. The number of hydrogen-bond acceptors (Lipinski definition) is 4. The average molecular weight is 515 g/mol. The predicted molar refractivity (Wildman–Crippen MR) is 149 cm³/mol. The predicted octanol–water partition coefficient (Wildman–Crippen LogP) is 6.77. The number of amides is 1. The number of fused-ring (bicyclic) bond motifs is 8. The van der Waals surface area contributed by atoms with E-state index in [1.54, 1.807) is 0 Å². The molecule has 0 spiro atoms. The lowest BCUT2D eigenvalue weighted by atomic mass is 9.43. The Morgan fingerprint density at radius 3 is 2.35 bits per heavy atom. The molecular weight excluding hydrogens is 460 g/mol. The molecule has 5 nitrogen and oxygen atoms in total. The number of aliphatic imine (C=N–C) groups is 1. The first-order valence-corrected chi connectivity index (χ1v) is 15.5. The SMILES string of the molecule is CC(C)CCC[C@@H](C)[C@H]1CC[C@H]2[C@@H]3[C@H]4OC(C)(C)O[C@@H]4[C@H]4CC(=NCC(N)=O)CC[C@]4(C)[C@H]3CC[C@]12C. The van der Waals surface area contributed by atoms with Gasteiger partial charge in [-0.1, -0.05) is 53.9 Å². The van der Waals surface area contributed by atoms with Crippen molar-refractivity contribution in [2.24, 2.45) is 63.0 Å². The monoisotopic (exact) mass is 514 g/mol. The third-order valence-electron chi connectivity index (χ3n) is 12.0. The first-order chi connectivity index (χ1) is 17.4. The Labute approximate surface area is 226 Å². The maximum absolute atomic E-state index is 11.4. The minimum Gasteiger partial charge on any atom is -0.368 e. The van der Waals surface area contributed by atoms with Crippen LogP contribution in [-0.2, 0) is 14.3 Å². The van der Waals surface area contributed by atoms with Crippen LogP contribution in [-0.4, -0.2) is 36.2 Å². The van der Waals surface area contributed by atoms with Gasteiger partial charge in [0.05, 0.1) is 12.2 Å². The van der Waals surface area contributed by atoms with Gasteiger partial charge in [-0.15, -0.1) is 0 Å². The van der Waals surface area contributed by atoms with Crippen molar-refractivity contribution in [1.82, 2.24) is 0 Å². The van der Waals surface area contributed by atoms with Gasteiger partial charge < -0.3 is 15.2 Å². The molecule has 0 aromatic carbocycles. The zero-order valence-corrected chi connectivity index (χ0v) is 24.7. The van der Waals surface area contributed by atoms with Crippen molar-refractivity contribution in [1.29, 1.82) is 0 Å². The molecule has 10 atom stereocenters. The van der Waals surface area contributed by atoms with Gasteiger partial charge in [0.1, 0.15) is 6.54 Å². The first kappa shape index (κ1) is 27.6. The van der Waals surface area contributed by atoms with Crippen LogP contribution in [0.5, 0.6) is 0 Å². The summed E-state index contributed by atoms with van der Waals surface area (Å²) in [5, 5.41) is 0. The quantitative estimate of drug-likeness (QED) is 0.407. The Bertz CT molecular complexity index is 898. The Morgan fingerprint density at radius 1 is 0.946 bits per heavy atom. The summed E-state index contributed by atoms with van der Waals surface area (Å²) in [4.78, 5) is 16.0. The number of rotatable bonds is 7. The van der Waals surface area contributed by atoms with E-state index in [4.69, 9.17) is 15.2 Å². The molecule has 5 heteroatoms. The highest BCUT2D eigenvalue weighted by Crippen LogP contribution is 2.70. The molecule has 5 rings (SSSR count). The van der Waals surface area contributed by atoms with Gasteiger partial charge in [0, 0.05) is 5.71 Å². The van der Waals surface area contributed by atoms with Crippen molar-refractivity contribution in [3.63, 3.8) is 0 Å². The van der Waals surface area contributed by atoms with E-state index in [1.165, 1.54) is 44.9 Å². The molecule has 210 valence electrons. The summed E-state index contributed by atoms with van der Waals surface area (Å²) in [7, 11) is 0. The van der Waals surface area contributed by atoms with Crippen LogP contribution >= 0.6 is 0 Å². The third kappa shape index (κ3) is 4.83. The van der Waals surface area contributed by atoms with Gasteiger partial charge in [-0.05, 0) is 111 Å². The van der Waals surface area contributed by atoms with Crippen LogP contribution in [0.3, 0.4) is 0 Å². The molecule has 1 amide bonds. The molecule has 4 aliphatic carbocycles. The number of hydrogen-bond donors (Lipinski definition) is 1. The zero-order valence-electron chi connectivity index (χ0n) is 24.7.